The van der Waals surface area contributed by atoms with Crippen LogP contribution in [0.4, 0.5) is 0 Å². The summed E-state index contributed by atoms with van der Waals surface area (Å²) in [5.74, 6) is 0.885. The summed E-state index contributed by atoms with van der Waals surface area (Å²) in [6.45, 7) is 1.91. The van der Waals surface area contributed by atoms with Crippen molar-refractivity contribution in [1.82, 2.24) is 4.90 Å². The second kappa shape index (κ2) is 5.67. The lowest BCUT2D eigenvalue weighted by atomic mass is 9.83. The zero-order valence-electron chi connectivity index (χ0n) is 10.2. The van der Waals surface area contributed by atoms with E-state index in [0.29, 0.717) is 12.3 Å². The van der Waals surface area contributed by atoms with Crippen molar-refractivity contribution in [3.05, 3.63) is 0 Å². The Balaban J connectivity index is 1.76. The van der Waals surface area contributed by atoms with Gasteiger partial charge in [-0.25, -0.2) is 0 Å². The number of rotatable bonds is 3. The maximum Gasteiger partial charge on any atom is 0.224 e. The molecule has 1 heterocycles. The van der Waals surface area contributed by atoms with Gasteiger partial charge in [0.25, 0.3) is 0 Å². The molecule has 92 valence electrons. The monoisotopic (exact) mass is 224 g/mol. The van der Waals surface area contributed by atoms with E-state index in [0.717, 1.165) is 13.1 Å². The topological polar surface area (TPSA) is 46.3 Å². The number of hydrogen-bond acceptors (Lipinski definition) is 2. The van der Waals surface area contributed by atoms with Gasteiger partial charge in [-0.15, -0.1) is 0 Å². The predicted molar refractivity (Wildman–Crippen MR) is 65.0 cm³/mol. The number of nitrogens with two attached hydrogens (primary N) is 1. The molecule has 16 heavy (non-hydrogen) atoms. The van der Waals surface area contributed by atoms with Gasteiger partial charge in [0.15, 0.2) is 0 Å². The predicted octanol–water partition coefficient (Wildman–Crippen LogP) is 1.91. The van der Waals surface area contributed by atoms with Crippen molar-refractivity contribution in [2.75, 3.05) is 13.1 Å². The molecular weight excluding hydrogens is 200 g/mol. The highest BCUT2D eigenvalue weighted by Crippen LogP contribution is 2.27. The molecule has 0 aromatic carbocycles. The highest BCUT2D eigenvalue weighted by Gasteiger charge is 2.25. The number of amides is 1. The number of carbonyl (C=O) groups is 1. The van der Waals surface area contributed by atoms with Gasteiger partial charge in [-0.05, 0) is 31.6 Å². The minimum atomic E-state index is 0.105. The van der Waals surface area contributed by atoms with E-state index in [1.165, 1.54) is 44.9 Å². The largest absolute Gasteiger partial charge is 0.343 e. The van der Waals surface area contributed by atoms with E-state index in [9.17, 15) is 4.79 Å². The molecule has 1 unspecified atom stereocenters. The summed E-state index contributed by atoms with van der Waals surface area (Å²) in [5, 5.41) is 0. The Hall–Kier alpha value is -0.570. The van der Waals surface area contributed by atoms with Crippen molar-refractivity contribution in [3.63, 3.8) is 0 Å². The molecule has 3 heteroatoms. The molecule has 2 rings (SSSR count). The molecular formula is C13H24N2O. The Bertz CT molecular complexity index is 230. The van der Waals surface area contributed by atoms with Crippen molar-refractivity contribution in [2.45, 2.75) is 57.4 Å². The Labute approximate surface area is 98.4 Å². The molecule has 1 aliphatic carbocycles. The smallest absolute Gasteiger partial charge is 0.224 e. The van der Waals surface area contributed by atoms with Crippen LogP contribution in [0.3, 0.4) is 0 Å². The summed E-state index contributed by atoms with van der Waals surface area (Å²) in [4.78, 5) is 13.9. The molecule has 2 fully saturated rings. The lowest BCUT2D eigenvalue weighted by molar-refractivity contribution is -0.130. The van der Waals surface area contributed by atoms with Gasteiger partial charge in [0, 0.05) is 25.6 Å². The van der Waals surface area contributed by atoms with E-state index in [1.807, 2.05) is 4.90 Å². The van der Waals surface area contributed by atoms with E-state index in [-0.39, 0.29) is 11.9 Å². The van der Waals surface area contributed by atoms with Gasteiger partial charge < -0.3 is 10.6 Å². The molecule has 0 bridgehead atoms. The minimum absolute atomic E-state index is 0.105. The van der Waals surface area contributed by atoms with Crippen LogP contribution in [0.15, 0.2) is 0 Å². The first-order chi connectivity index (χ1) is 7.77. The number of likely N-dealkylation sites (tertiary alicyclic amines) is 1. The van der Waals surface area contributed by atoms with Gasteiger partial charge in [-0.2, -0.15) is 0 Å². The molecule has 1 amide bonds. The van der Waals surface area contributed by atoms with Gasteiger partial charge in [-0.3, -0.25) is 4.79 Å². The van der Waals surface area contributed by atoms with Crippen LogP contribution in [0.2, 0.25) is 0 Å². The quantitative estimate of drug-likeness (QED) is 0.796. The van der Waals surface area contributed by atoms with Crippen LogP contribution >= 0.6 is 0 Å². The zero-order chi connectivity index (χ0) is 11.4. The summed E-state index contributed by atoms with van der Waals surface area (Å²) in [5.41, 5.74) is 6.17. The fraction of sp³-hybridized carbons (Fsp3) is 0.923. The van der Waals surface area contributed by atoms with E-state index in [4.69, 9.17) is 5.73 Å². The molecule has 3 nitrogen and oxygen atoms in total. The summed E-state index contributed by atoms with van der Waals surface area (Å²) in [7, 11) is 0. The normalized spacial score (nSPS) is 24.7. The van der Waals surface area contributed by atoms with Crippen LogP contribution in [0.1, 0.15) is 51.4 Å². The Kier molecular flexibility index (Phi) is 4.22. The van der Waals surface area contributed by atoms with Crippen molar-refractivity contribution in [2.24, 2.45) is 11.7 Å². The van der Waals surface area contributed by atoms with Crippen LogP contribution in [0, 0.1) is 5.92 Å². The molecule has 1 aliphatic heterocycles. The van der Waals surface area contributed by atoms with Crippen molar-refractivity contribution in [1.29, 1.82) is 0 Å². The van der Waals surface area contributed by atoms with Crippen molar-refractivity contribution >= 4 is 5.91 Å². The lowest BCUT2D eigenvalue weighted by Gasteiger charge is -2.28. The second-order valence-corrected chi connectivity index (χ2v) is 5.35. The SMILES string of the molecule is NC(CC(=O)N1CCCC1)C1CCCCC1. The highest BCUT2D eigenvalue weighted by molar-refractivity contribution is 5.77. The third kappa shape index (κ3) is 2.97. The third-order valence-electron chi connectivity index (χ3n) is 4.12. The molecule has 0 aromatic rings. The average molecular weight is 224 g/mol. The van der Waals surface area contributed by atoms with Crippen LogP contribution in [-0.4, -0.2) is 29.9 Å². The first-order valence-electron chi connectivity index (χ1n) is 6.81. The molecule has 2 N–H and O–H groups in total. The minimum Gasteiger partial charge on any atom is -0.343 e. The number of nitrogens with zero attached hydrogens (tertiary/aromatic N) is 1. The molecule has 2 aliphatic rings. The fourth-order valence-corrected chi connectivity index (χ4v) is 3.03. The van der Waals surface area contributed by atoms with E-state index in [1.54, 1.807) is 0 Å². The van der Waals surface area contributed by atoms with Gasteiger partial charge in [0.2, 0.25) is 5.91 Å². The standard InChI is InChI=1S/C13H24N2O/c14-12(11-6-2-1-3-7-11)10-13(16)15-8-4-5-9-15/h11-12H,1-10,14H2. The van der Waals surface area contributed by atoms with Gasteiger partial charge in [0.1, 0.15) is 0 Å². The van der Waals surface area contributed by atoms with Crippen molar-refractivity contribution < 1.29 is 4.79 Å². The molecule has 1 saturated carbocycles. The van der Waals surface area contributed by atoms with E-state index < -0.39 is 0 Å². The Morgan fingerprint density at radius 1 is 1.12 bits per heavy atom. The first-order valence-corrected chi connectivity index (χ1v) is 6.81. The van der Waals surface area contributed by atoms with E-state index in [2.05, 4.69) is 0 Å². The van der Waals surface area contributed by atoms with Gasteiger partial charge >= 0.3 is 0 Å². The number of carbonyl (C=O) groups excluding carboxylic acids is 1. The summed E-state index contributed by atoms with van der Waals surface area (Å²) in [6.07, 6.45) is 9.33. The Morgan fingerprint density at radius 2 is 1.75 bits per heavy atom. The third-order valence-corrected chi connectivity index (χ3v) is 4.12. The fourth-order valence-electron chi connectivity index (χ4n) is 3.03. The average Bonchev–Trinajstić information content (AvgIpc) is 2.83. The summed E-state index contributed by atoms with van der Waals surface area (Å²) in [6, 6.07) is 0.105. The maximum atomic E-state index is 11.9. The molecule has 1 saturated heterocycles. The molecule has 1 atom stereocenters. The second-order valence-electron chi connectivity index (χ2n) is 5.35. The van der Waals surface area contributed by atoms with Crippen LogP contribution in [0.25, 0.3) is 0 Å². The maximum absolute atomic E-state index is 11.9. The molecule has 0 radical (unpaired) electrons. The first kappa shape index (κ1) is 11.9. The number of hydrogen-bond donors (Lipinski definition) is 1. The lowest BCUT2D eigenvalue weighted by Crippen LogP contribution is -2.38. The zero-order valence-corrected chi connectivity index (χ0v) is 10.2. The van der Waals surface area contributed by atoms with Gasteiger partial charge in [-0.1, -0.05) is 19.3 Å². The van der Waals surface area contributed by atoms with Crippen LogP contribution < -0.4 is 5.73 Å². The molecule has 0 spiro atoms. The Morgan fingerprint density at radius 3 is 2.38 bits per heavy atom. The summed E-state index contributed by atoms with van der Waals surface area (Å²) >= 11 is 0. The summed E-state index contributed by atoms with van der Waals surface area (Å²) < 4.78 is 0. The highest BCUT2D eigenvalue weighted by atomic mass is 16.2. The molecule has 0 aromatic heterocycles. The van der Waals surface area contributed by atoms with E-state index >= 15 is 0 Å². The van der Waals surface area contributed by atoms with Crippen molar-refractivity contribution in [3.8, 4) is 0 Å². The van der Waals surface area contributed by atoms with Crippen LogP contribution in [0.5, 0.6) is 0 Å². The van der Waals surface area contributed by atoms with Crippen LogP contribution in [-0.2, 0) is 4.79 Å². The van der Waals surface area contributed by atoms with Gasteiger partial charge in [0.05, 0.1) is 0 Å².